The Morgan fingerprint density at radius 1 is 1.53 bits per heavy atom. The summed E-state index contributed by atoms with van der Waals surface area (Å²) in [4.78, 5) is 0. The fourth-order valence-electron chi connectivity index (χ4n) is 1.37. The fourth-order valence-corrected chi connectivity index (χ4v) is 1.37. The molecule has 0 spiro atoms. The van der Waals surface area contributed by atoms with Crippen LogP contribution in [0.5, 0.6) is 5.75 Å². The van der Waals surface area contributed by atoms with Crippen molar-refractivity contribution in [3.63, 3.8) is 0 Å². The number of aliphatic hydroxyl groups is 1. The maximum atomic E-state index is 13.0. The summed E-state index contributed by atoms with van der Waals surface area (Å²) < 4.78 is 18.1. The molecule has 84 valence electrons. The lowest BCUT2D eigenvalue weighted by Gasteiger charge is -2.22. The normalized spacial score (nSPS) is 14.7. The number of hydrogen-bond donors (Lipinski definition) is 2. The Hall–Kier alpha value is -1.13. The predicted octanol–water partition coefficient (Wildman–Crippen LogP) is 1.09. The van der Waals surface area contributed by atoms with Crippen molar-refractivity contribution in [3.05, 3.63) is 29.6 Å². The third kappa shape index (κ3) is 3.18. The number of benzene rings is 1. The molecule has 0 aliphatic carbocycles. The van der Waals surface area contributed by atoms with E-state index in [2.05, 4.69) is 0 Å². The third-order valence-electron chi connectivity index (χ3n) is 2.25. The van der Waals surface area contributed by atoms with Gasteiger partial charge in [0.25, 0.3) is 0 Å². The Morgan fingerprint density at radius 3 is 2.73 bits per heavy atom. The zero-order valence-corrected chi connectivity index (χ0v) is 8.96. The van der Waals surface area contributed by atoms with E-state index in [1.807, 2.05) is 0 Å². The standard InChI is InChI=1S/C11H16FNO2/c1-11(14,7-13)6-8-5-9(12)3-4-10(8)15-2/h3-5,14H,6-7,13H2,1-2H3. The molecule has 0 aromatic heterocycles. The van der Waals surface area contributed by atoms with Crippen LogP contribution >= 0.6 is 0 Å². The van der Waals surface area contributed by atoms with Gasteiger partial charge in [-0.1, -0.05) is 0 Å². The minimum absolute atomic E-state index is 0.118. The molecule has 0 bridgehead atoms. The summed E-state index contributed by atoms with van der Waals surface area (Å²) in [5.41, 5.74) is 4.98. The van der Waals surface area contributed by atoms with Crippen molar-refractivity contribution >= 4 is 0 Å². The van der Waals surface area contributed by atoms with Crippen LogP contribution in [0.2, 0.25) is 0 Å². The minimum Gasteiger partial charge on any atom is -0.496 e. The number of methoxy groups -OCH3 is 1. The van der Waals surface area contributed by atoms with E-state index in [1.165, 1.54) is 25.3 Å². The molecule has 0 radical (unpaired) electrons. The lowest BCUT2D eigenvalue weighted by atomic mass is 9.96. The molecule has 1 atom stereocenters. The topological polar surface area (TPSA) is 55.5 Å². The van der Waals surface area contributed by atoms with Crippen LogP contribution in [-0.4, -0.2) is 24.4 Å². The summed E-state index contributed by atoms with van der Waals surface area (Å²) in [6, 6.07) is 4.21. The molecule has 0 saturated heterocycles. The van der Waals surface area contributed by atoms with Crippen LogP contribution in [0.3, 0.4) is 0 Å². The van der Waals surface area contributed by atoms with E-state index in [4.69, 9.17) is 10.5 Å². The monoisotopic (exact) mass is 213 g/mol. The average Bonchev–Trinajstić information content (AvgIpc) is 2.18. The molecule has 0 saturated carbocycles. The van der Waals surface area contributed by atoms with Gasteiger partial charge in [-0.05, 0) is 30.7 Å². The molecule has 15 heavy (non-hydrogen) atoms. The number of ether oxygens (including phenoxy) is 1. The van der Waals surface area contributed by atoms with E-state index in [0.717, 1.165) is 0 Å². The van der Waals surface area contributed by atoms with E-state index in [-0.39, 0.29) is 18.8 Å². The van der Waals surface area contributed by atoms with E-state index in [1.54, 1.807) is 6.92 Å². The summed E-state index contributed by atoms with van der Waals surface area (Å²) >= 11 is 0. The van der Waals surface area contributed by atoms with Crippen molar-refractivity contribution in [1.29, 1.82) is 0 Å². The highest BCUT2D eigenvalue weighted by molar-refractivity contribution is 5.35. The Balaban J connectivity index is 2.97. The highest BCUT2D eigenvalue weighted by Gasteiger charge is 2.21. The van der Waals surface area contributed by atoms with Crippen molar-refractivity contribution in [2.45, 2.75) is 18.9 Å². The van der Waals surface area contributed by atoms with Crippen LogP contribution < -0.4 is 10.5 Å². The van der Waals surface area contributed by atoms with Gasteiger partial charge in [0.2, 0.25) is 0 Å². The first-order chi connectivity index (χ1) is 6.98. The molecule has 0 aliphatic rings. The highest BCUT2D eigenvalue weighted by atomic mass is 19.1. The van der Waals surface area contributed by atoms with Crippen molar-refractivity contribution in [2.24, 2.45) is 5.73 Å². The maximum Gasteiger partial charge on any atom is 0.123 e. The Morgan fingerprint density at radius 2 is 2.20 bits per heavy atom. The lowest BCUT2D eigenvalue weighted by molar-refractivity contribution is 0.0689. The Kier molecular flexibility index (Phi) is 3.66. The van der Waals surface area contributed by atoms with Gasteiger partial charge in [0.05, 0.1) is 12.7 Å². The van der Waals surface area contributed by atoms with Gasteiger partial charge >= 0.3 is 0 Å². The third-order valence-corrected chi connectivity index (χ3v) is 2.25. The fraction of sp³-hybridized carbons (Fsp3) is 0.455. The number of hydrogen-bond acceptors (Lipinski definition) is 3. The Bertz CT molecular complexity index is 339. The molecule has 1 aromatic rings. The molecule has 3 nitrogen and oxygen atoms in total. The average molecular weight is 213 g/mol. The van der Waals surface area contributed by atoms with Gasteiger partial charge in [-0.25, -0.2) is 4.39 Å². The second-order valence-corrected chi connectivity index (χ2v) is 3.83. The molecule has 0 heterocycles. The van der Waals surface area contributed by atoms with Crippen LogP contribution in [-0.2, 0) is 6.42 Å². The van der Waals surface area contributed by atoms with Gasteiger partial charge in [-0.3, -0.25) is 0 Å². The largest absolute Gasteiger partial charge is 0.496 e. The van der Waals surface area contributed by atoms with E-state index in [0.29, 0.717) is 11.3 Å². The van der Waals surface area contributed by atoms with Gasteiger partial charge in [0.1, 0.15) is 11.6 Å². The molecule has 4 heteroatoms. The molecular formula is C11H16FNO2. The zero-order chi connectivity index (χ0) is 11.5. The van der Waals surface area contributed by atoms with Crippen LogP contribution in [0.15, 0.2) is 18.2 Å². The van der Waals surface area contributed by atoms with Crippen molar-refractivity contribution < 1.29 is 14.2 Å². The molecular weight excluding hydrogens is 197 g/mol. The highest BCUT2D eigenvalue weighted by Crippen LogP contribution is 2.23. The quantitative estimate of drug-likeness (QED) is 0.787. The maximum absolute atomic E-state index is 13.0. The first-order valence-electron chi connectivity index (χ1n) is 4.73. The van der Waals surface area contributed by atoms with Crippen LogP contribution in [0.1, 0.15) is 12.5 Å². The van der Waals surface area contributed by atoms with Crippen molar-refractivity contribution in [2.75, 3.05) is 13.7 Å². The van der Waals surface area contributed by atoms with E-state index >= 15 is 0 Å². The number of rotatable bonds is 4. The SMILES string of the molecule is COc1ccc(F)cc1CC(C)(O)CN. The number of nitrogens with two attached hydrogens (primary N) is 1. The van der Waals surface area contributed by atoms with Gasteiger partial charge < -0.3 is 15.6 Å². The van der Waals surface area contributed by atoms with Crippen molar-refractivity contribution in [3.8, 4) is 5.75 Å². The summed E-state index contributed by atoms with van der Waals surface area (Å²) in [6.07, 6.45) is 0.268. The van der Waals surface area contributed by atoms with Gasteiger partial charge in [-0.2, -0.15) is 0 Å². The molecule has 1 rings (SSSR count). The summed E-state index contributed by atoms with van der Waals surface area (Å²) in [5.74, 6) is 0.212. The number of halogens is 1. The second-order valence-electron chi connectivity index (χ2n) is 3.83. The van der Waals surface area contributed by atoms with Crippen LogP contribution in [0.25, 0.3) is 0 Å². The molecule has 0 aliphatic heterocycles. The molecule has 0 fully saturated rings. The van der Waals surface area contributed by atoms with Gasteiger partial charge in [-0.15, -0.1) is 0 Å². The van der Waals surface area contributed by atoms with Gasteiger partial charge in [0.15, 0.2) is 0 Å². The molecule has 1 aromatic carbocycles. The summed E-state index contributed by atoms with van der Waals surface area (Å²) in [6.45, 7) is 1.73. The van der Waals surface area contributed by atoms with Crippen molar-refractivity contribution in [1.82, 2.24) is 0 Å². The molecule has 0 amide bonds. The summed E-state index contributed by atoms with van der Waals surface area (Å²) in [5, 5.41) is 9.78. The lowest BCUT2D eigenvalue weighted by Crippen LogP contribution is -2.36. The Labute approximate surface area is 88.7 Å². The summed E-state index contributed by atoms with van der Waals surface area (Å²) in [7, 11) is 1.51. The zero-order valence-electron chi connectivity index (χ0n) is 8.96. The minimum atomic E-state index is -1.04. The smallest absolute Gasteiger partial charge is 0.123 e. The molecule has 1 unspecified atom stereocenters. The predicted molar refractivity (Wildman–Crippen MR) is 56.3 cm³/mol. The van der Waals surface area contributed by atoms with E-state index < -0.39 is 5.60 Å². The van der Waals surface area contributed by atoms with Crippen LogP contribution in [0.4, 0.5) is 4.39 Å². The van der Waals surface area contributed by atoms with E-state index in [9.17, 15) is 9.50 Å². The molecule has 3 N–H and O–H groups in total. The first kappa shape index (κ1) is 11.9. The first-order valence-corrected chi connectivity index (χ1v) is 4.73. The van der Waals surface area contributed by atoms with Crippen LogP contribution in [0, 0.1) is 5.82 Å². The van der Waals surface area contributed by atoms with Gasteiger partial charge in [0, 0.05) is 13.0 Å². The second kappa shape index (κ2) is 4.59.